The van der Waals surface area contributed by atoms with Crippen molar-refractivity contribution in [2.24, 2.45) is 0 Å². The van der Waals surface area contributed by atoms with Crippen LogP contribution in [0.1, 0.15) is 57.6 Å². The molecule has 1 aromatic heterocycles. The molecule has 0 aliphatic carbocycles. The smallest absolute Gasteiger partial charge is 0.328 e. The fourth-order valence-corrected chi connectivity index (χ4v) is 5.47. The fourth-order valence-electron chi connectivity index (χ4n) is 5.47. The van der Waals surface area contributed by atoms with Gasteiger partial charge in [0.25, 0.3) is 11.5 Å². The van der Waals surface area contributed by atoms with Gasteiger partial charge in [-0.3, -0.25) is 14.5 Å². The van der Waals surface area contributed by atoms with Crippen LogP contribution < -0.4 is 10.3 Å². The molecular formula is C28H37N3O5. The average Bonchev–Trinajstić information content (AvgIpc) is 3.09. The van der Waals surface area contributed by atoms with Crippen LogP contribution in [0.25, 0.3) is 0 Å². The van der Waals surface area contributed by atoms with E-state index in [0.717, 1.165) is 19.4 Å². The van der Waals surface area contributed by atoms with Gasteiger partial charge in [-0.05, 0) is 62.3 Å². The molecule has 1 aromatic carbocycles. The molecule has 8 nitrogen and oxygen atoms in total. The Morgan fingerprint density at radius 2 is 1.69 bits per heavy atom. The molecule has 0 spiro atoms. The Morgan fingerprint density at radius 3 is 2.42 bits per heavy atom. The zero-order chi connectivity index (χ0) is 26.0. The molecule has 1 amide bonds. The zero-order valence-corrected chi connectivity index (χ0v) is 22.1. The summed E-state index contributed by atoms with van der Waals surface area (Å²) in [5.41, 5.74) is 5.97. The lowest BCUT2D eigenvalue weighted by Gasteiger charge is -2.34. The van der Waals surface area contributed by atoms with E-state index < -0.39 is 12.0 Å². The molecule has 194 valence electrons. The van der Waals surface area contributed by atoms with Crippen LogP contribution in [0.2, 0.25) is 0 Å². The molecule has 1 atom stereocenters. The third-order valence-electron chi connectivity index (χ3n) is 7.70. The minimum absolute atomic E-state index is 0.175. The third-order valence-corrected chi connectivity index (χ3v) is 7.70. The number of likely N-dealkylation sites (tertiary alicyclic amines) is 1. The molecule has 2 aliphatic heterocycles. The summed E-state index contributed by atoms with van der Waals surface area (Å²) in [6, 6.07) is 5.25. The van der Waals surface area contributed by atoms with Crippen LogP contribution in [0.15, 0.2) is 23.0 Å². The van der Waals surface area contributed by atoms with Gasteiger partial charge in [-0.2, -0.15) is 0 Å². The van der Waals surface area contributed by atoms with Gasteiger partial charge in [-0.1, -0.05) is 12.1 Å². The Labute approximate surface area is 212 Å². The van der Waals surface area contributed by atoms with E-state index in [9.17, 15) is 14.4 Å². The molecule has 4 rings (SSSR count). The summed E-state index contributed by atoms with van der Waals surface area (Å²) in [6.45, 7) is 9.54. The first kappa shape index (κ1) is 25.9. The minimum Gasteiger partial charge on any atom is -0.496 e. The van der Waals surface area contributed by atoms with E-state index in [2.05, 4.69) is 37.8 Å². The van der Waals surface area contributed by atoms with Crippen molar-refractivity contribution in [2.45, 2.75) is 65.6 Å². The maximum Gasteiger partial charge on any atom is 0.328 e. The number of methoxy groups -OCH3 is 2. The second-order valence-corrected chi connectivity index (χ2v) is 9.95. The number of nitrogens with zero attached hydrogens (tertiary/aromatic N) is 3. The van der Waals surface area contributed by atoms with E-state index in [-0.39, 0.29) is 17.2 Å². The van der Waals surface area contributed by atoms with Gasteiger partial charge in [0.05, 0.1) is 14.2 Å². The van der Waals surface area contributed by atoms with Crippen LogP contribution in [-0.4, -0.2) is 66.1 Å². The second-order valence-electron chi connectivity index (χ2n) is 9.95. The lowest BCUT2D eigenvalue weighted by Crippen LogP contribution is -2.49. The van der Waals surface area contributed by atoms with Crippen molar-refractivity contribution in [3.05, 3.63) is 62.1 Å². The van der Waals surface area contributed by atoms with Crippen LogP contribution in [-0.2, 0) is 29.0 Å². The molecule has 36 heavy (non-hydrogen) atoms. The highest BCUT2D eigenvalue weighted by Gasteiger charge is 2.36. The molecule has 1 saturated heterocycles. The normalized spacial score (nSPS) is 18.4. The Bertz CT molecular complexity index is 1220. The number of carbonyl (C=O) groups excluding carboxylic acids is 2. The first-order chi connectivity index (χ1) is 17.2. The van der Waals surface area contributed by atoms with Gasteiger partial charge in [-0.15, -0.1) is 0 Å². The predicted octanol–water partition coefficient (Wildman–Crippen LogP) is 3.01. The molecular weight excluding hydrogens is 458 g/mol. The topological polar surface area (TPSA) is 81.1 Å². The van der Waals surface area contributed by atoms with Crippen molar-refractivity contribution in [1.82, 2.24) is 14.4 Å². The van der Waals surface area contributed by atoms with Crippen molar-refractivity contribution in [3.8, 4) is 5.75 Å². The van der Waals surface area contributed by atoms with Crippen LogP contribution in [0.4, 0.5) is 0 Å². The highest BCUT2D eigenvalue weighted by Crippen LogP contribution is 2.29. The first-order valence-corrected chi connectivity index (χ1v) is 12.7. The Hall–Kier alpha value is -3.13. The monoisotopic (exact) mass is 495 g/mol. The molecule has 1 fully saturated rings. The summed E-state index contributed by atoms with van der Waals surface area (Å²) in [5.74, 6) is -0.413. The highest BCUT2D eigenvalue weighted by atomic mass is 16.5. The summed E-state index contributed by atoms with van der Waals surface area (Å²) in [6.07, 6.45) is 2.78. The average molecular weight is 496 g/mol. The molecule has 0 bridgehead atoms. The summed E-state index contributed by atoms with van der Waals surface area (Å²) in [5, 5.41) is 0. The number of aryl methyl sites for hydroxylation is 3. The van der Waals surface area contributed by atoms with Gasteiger partial charge in [-0.25, -0.2) is 4.79 Å². The van der Waals surface area contributed by atoms with Gasteiger partial charge in [0, 0.05) is 50.9 Å². The number of piperidine rings is 1. The number of ether oxygens (including phenoxy) is 2. The van der Waals surface area contributed by atoms with E-state index in [1.54, 1.807) is 9.47 Å². The first-order valence-electron chi connectivity index (χ1n) is 12.7. The zero-order valence-electron chi connectivity index (χ0n) is 22.1. The quantitative estimate of drug-likeness (QED) is 0.594. The SMILES string of the molecule is COC(=O)C1CCCCN1C(=O)c1c(OC)cc(=O)n2c1CCN(Cc1cc(C)c(C)cc1C)CC2. The van der Waals surface area contributed by atoms with Crippen molar-refractivity contribution >= 4 is 11.9 Å². The highest BCUT2D eigenvalue weighted by molar-refractivity contribution is 6.00. The van der Waals surface area contributed by atoms with E-state index in [0.29, 0.717) is 50.3 Å². The van der Waals surface area contributed by atoms with Crippen molar-refractivity contribution < 1.29 is 19.1 Å². The number of benzene rings is 1. The van der Waals surface area contributed by atoms with E-state index in [1.807, 2.05) is 0 Å². The third kappa shape index (κ3) is 5.05. The Kier molecular flexibility index (Phi) is 7.83. The van der Waals surface area contributed by atoms with Crippen molar-refractivity contribution in [1.29, 1.82) is 0 Å². The van der Waals surface area contributed by atoms with Crippen LogP contribution >= 0.6 is 0 Å². The van der Waals surface area contributed by atoms with Gasteiger partial charge >= 0.3 is 5.97 Å². The molecule has 2 aromatic rings. The molecule has 0 radical (unpaired) electrons. The minimum atomic E-state index is -0.622. The number of rotatable bonds is 5. The summed E-state index contributed by atoms with van der Waals surface area (Å²) in [7, 11) is 2.82. The number of aromatic nitrogens is 1. The van der Waals surface area contributed by atoms with Crippen molar-refractivity contribution in [2.75, 3.05) is 33.9 Å². The molecule has 8 heteroatoms. The van der Waals surface area contributed by atoms with Gasteiger partial charge in [0.15, 0.2) is 0 Å². The standard InChI is InChI=1S/C28H37N3O5/c1-18-14-20(3)21(15-19(18)2)17-29-11-9-22-26(24(35-4)16-25(32)30(22)13-12-29)27(33)31-10-7-6-8-23(31)28(34)36-5/h14-16,23H,6-13,17H2,1-5H3. The Morgan fingerprint density at radius 1 is 0.944 bits per heavy atom. The van der Waals surface area contributed by atoms with E-state index >= 15 is 0 Å². The molecule has 3 heterocycles. The number of fused-ring (bicyclic) bond motifs is 1. The number of pyridine rings is 1. The van der Waals surface area contributed by atoms with Gasteiger partial charge in [0.1, 0.15) is 17.4 Å². The second kappa shape index (κ2) is 10.9. The number of carbonyl (C=O) groups is 2. The molecule has 0 N–H and O–H groups in total. The number of amides is 1. The Balaban J connectivity index is 1.66. The van der Waals surface area contributed by atoms with E-state index in [4.69, 9.17) is 9.47 Å². The predicted molar refractivity (Wildman–Crippen MR) is 138 cm³/mol. The lowest BCUT2D eigenvalue weighted by atomic mass is 9.99. The summed E-state index contributed by atoms with van der Waals surface area (Å²) in [4.78, 5) is 43.3. The largest absolute Gasteiger partial charge is 0.496 e. The van der Waals surface area contributed by atoms with Crippen LogP contribution in [0.3, 0.4) is 0 Å². The maximum atomic E-state index is 13.9. The number of hydrogen-bond donors (Lipinski definition) is 0. The molecule has 2 aliphatic rings. The van der Waals surface area contributed by atoms with E-state index in [1.165, 1.54) is 42.5 Å². The fraction of sp³-hybridized carbons (Fsp3) is 0.536. The molecule has 0 saturated carbocycles. The maximum absolute atomic E-state index is 13.9. The number of esters is 1. The molecule has 1 unspecified atom stereocenters. The number of hydrogen-bond acceptors (Lipinski definition) is 6. The summed E-state index contributed by atoms with van der Waals surface area (Å²) >= 11 is 0. The van der Waals surface area contributed by atoms with Gasteiger partial charge < -0.3 is 18.9 Å². The summed E-state index contributed by atoms with van der Waals surface area (Å²) < 4.78 is 12.2. The lowest BCUT2D eigenvalue weighted by molar-refractivity contribution is -0.147. The van der Waals surface area contributed by atoms with Crippen LogP contribution in [0.5, 0.6) is 5.75 Å². The van der Waals surface area contributed by atoms with Crippen LogP contribution in [0, 0.1) is 20.8 Å². The van der Waals surface area contributed by atoms with Gasteiger partial charge in [0.2, 0.25) is 0 Å². The van der Waals surface area contributed by atoms with Crippen molar-refractivity contribution in [3.63, 3.8) is 0 Å².